The molecule has 22 heavy (non-hydrogen) atoms. The van der Waals surface area contributed by atoms with Crippen LogP contribution in [-0.4, -0.2) is 14.5 Å². The van der Waals surface area contributed by atoms with Gasteiger partial charge in [0.1, 0.15) is 0 Å². The molecule has 0 aliphatic rings. The molecule has 116 valence electrons. The Morgan fingerprint density at radius 1 is 1.18 bits per heavy atom. The summed E-state index contributed by atoms with van der Waals surface area (Å²) in [7, 11) is 0. The Kier molecular flexibility index (Phi) is 6.12. The Bertz CT molecular complexity index is 677. The van der Waals surface area contributed by atoms with Gasteiger partial charge >= 0.3 is 0 Å². The van der Waals surface area contributed by atoms with Crippen LogP contribution < -0.4 is 5.32 Å². The molecule has 0 unspecified atom stereocenters. The minimum absolute atomic E-state index is 0. The summed E-state index contributed by atoms with van der Waals surface area (Å²) >= 11 is 1.74. The zero-order valence-corrected chi connectivity index (χ0v) is 14.0. The number of thiazole rings is 1. The quantitative estimate of drug-likeness (QED) is 0.749. The lowest BCUT2D eigenvalue weighted by Gasteiger charge is -2.06. The van der Waals surface area contributed by atoms with E-state index in [0.717, 1.165) is 30.9 Å². The van der Waals surface area contributed by atoms with Gasteiger partial charge in [-0.25, -0.2) is 9.97 Å². The van der Waals surface area contributed by atoms with Crippen molar-refractivity contribution in [2.24, 2.45) is 0 Å². The lowest BCUT2D eigenvalue weighted by Crippen LogP contribution is -2.13. The molecular formula is C16H19ClN4S. The molecule has 0 amide bonds. The van der Waals surface area contributed by atoms with Gasteiger partial charge in [-0.1, -0.05) is 19.1 Å². The van der Waals surface area contributed by atoms with Crippen LogP contribution in [0.15, 0.2) is 48.4 Å². The van der Waals surface area contributed by atoms with Crippen LogP contribution >= 0.6 is 23.7 Å². The van der Waals surface area contributed by atoms with E-state index in [9.17, 15) is 0 Å². The highest BCUT2D eigenvalue weighted by Crippen LogP contribution is 2.11. The van der Waals surface area contributed by atoms with Gasteiger partial charge in [0.2, 0.25) is 0 Å². The van der Waals surface area contributed by atoms with Crippen LogP contribution in [-0.2, 0) is 19.5 Å². The molecule has 2 heterocycles. The fourth-order valence-corrected chi connectivity index (χ4v) is 2.87. The Hall–Kier alpha value is -1.69. The number of benzene rings is 1. The van der Waals surface area contributed by atoms with Crippen LogP contribution in [0.25, 0.3) is 5.69 Å². The van der Waals surface area contributed by atoms with Crippen LogP contribution in [0.3, 0.4) is 0 Å². The van der Waals surface area contributed by atoms with Crippen LogP contribution in [0.4, 0.5) is 0 Å². The van der Waals surface area contributed by atoms with E-state index in [2.05, 4.69) is 51.9 Å². The molecule has 6 heteroatoms. The summed E-state index contributed by atoms with van der Waals surface area (Å²) in [5.74, 6) is 0. The molecule has 1 aromatic carbocycles. The lowest BCUT2D eigenvalue weighted by molar-refractivity contribution is 0.681. The van der Waals surface area contributed by atoms with E-state index in [1.54, 1.807) is 23.9 Å². The van der Waals surface area contributed by atoms with E-state index in [1.807, 2.05) is 10.8 Å². The molecule has 3 aromatic rings. The number of rotatable bonds is 6. The van der Waals surface area contributed by atoms with Crippen LogP contribution in [0.1, 0.15) is 23.2 Å². The third-order valence-corrected chi connectivity index (χ3v) is 4.32. The number of hydrogen-bond donors (Lipinski definition) is 1. The first kappa shape index (κ1) is 16.7. The smallest absolute Gasteiger partial charge is 0.0991 e. The van der Waals surface area contributed by atoms with Gasteiger partial charge in [-0.15, -0.1) is 23.7 Å². The number of nitrogens with zero attached hydrogens (tertiary/aromatic N) is 3. The van der Waals surface area contributed by atoms with E-state index in [1.165, 1.54) is 10.6 Å². The molecule has 0 aliphatic carbocycles. The highest BCUT2D eigenvalue weighted by Gasteiger charge is 2.00. The number of halogens is 1. The average Bonchev–Trinajstić information content (AvgIpc) is 3.19. The van der Waals surface area contributed by atoms with Gasteiger partial charge in [0.15, 0.2) is 0 Å². The topological polar surface area (TPSA) is 42.7 Å². The maximum Gasteiger partial charge on any atom is 0.0991 e. The summed E-state index contributed by atoms with van der Waals surface area (Å²) in [6, 6.07) is 8.50. The Morgan fingerprint density at radius 2 is 2.00 bits per heavy atom. The summed E-state index contributed by atoms with van der Waals surface area (Å²) in [5.41, 5.74) is 3.53. The molecule has 0 bridgehead atoms. The molecule has 4 nitrogen and oxygen atoms in total. The summed E-state index contributed by atoms with van der Waals surface area (Å²) in [6.45, 7) is 3.81. The largest absolute Gasteiger partial charge is 0.307 e. The van der Waals surface area contributed by atoms with Crippen LogP contribution in [0.2, 0.25) is 0 Å². The molecule has 1 N–H and O–H groups in total. The molecule has 0 radical (unpaired) electrons. The summed E-state index contributed by atoms with van der Waals surface area (Å²) in [6.07, 6.45) is 6.55. The molecule has 0 spiro atoms. The molecule has 0 saturated heterocycles. The van der Waals surface area contributed by atoms with Crippen molar-refractivity contribution in [3.8, 4) is 5.69 Å². The van der Waals surface area contributed by atoms with Crippen molar-refractivity contribution in [3.63, 3.8) is 0 Å². The predicted octanol–water partition coefficient (Wildman–Crippen LogP) is 3.60. The summed E-state index contributed by atoms with van der Waals surface area (Å²) in [4.78, 5) is 8.61. The summed E-state index contributed by atoms with van der Waals surface area (Å²) < 4.78 is 2.00. The van der Waals surface area contributed by atoms with Gasteiger partial charge in [0.05, 0.1) is 17.0 Å². The standard InChI is InChI=1S/C16H18N4S.ClH/c1-2-16-19-14(11-21-16)10-18-9-13-3-5-15(6-4-13)20-8-7-17-12-20;/h3-8,11-12,18H,2,9-10H2,1H3;1H. The Labute approximate surface area is 140 Å². The normalized spacial score (nSPS) is 10.4. The van der Waals surface area contributed by atoms with Gasteiger partial charge in [-0.3, -0.25) is 0 Å². The van der Waals surface area contributed by atoms with E-state index in [0.29, 0.717) is 0 Å². The number of imidazole rings is 1. The van der Waals surface area contributed by atoms with E-state index >= 15 is 0 Å². The average molecular weight is 335 g/mol. The maximum atomic E-state index is 4.55. The second kappa shape index (κ2) is 8.08. The maximum absolute atomic E-state index is 4.55. The molecule has 0 aliphatic heterocycles. The Morgan fingerprint density at radius 3 is 2.64 bits per heavy atom. The fourth-order valence-electron chi connectivity index (χ4n) is 2.13. The fraction of sp³-hybridized carbons (Fsp3) is 0.250. The Balaban J connectivity index is 0.00000176. The lowest BCUT2D eigenvalue weighted by atomic mass is 10.2. The SMILES string of the molecule is CCc1nc(CNCc2ccc(-n3ccnc3)cc2)cs1.Cl. The van der Waals surface area contributed by atoms with Crippen molar-refractivity contribution in [3.05, 3.63) is 64.6 Å². The molecule has 2 aromatic heterocycles. The predicted molar refractivity (Wildman–Crippen MR) is 92.8 cm³/mol. The molecule has 0 fully saturated rings. The first-order valence-corrected chi connectivity index (χ1v) is 7.94. The van der Waals surface area contributed by atoms with Gasteiger partial charge < -0.3 is 9.88 Å². The van der Waals surface area contributed by atoms with E-state index in [-0.39, 0.29) is 12.4 Å². The second-order valence-corrected chi connectivity index (χ2v) is 5.77. The highest BCUT2D eigenvalue weighted by molar-refractivity contribution is 7.09. The molecule has 3 rings (SSSR count). The zero-order chi connectivity index (χ0) is 14.5. The van der Waals surface area contributed by atoms with Gasteiger partial charge in [-0.2, -0.15) is 0 Å². The van der Waals surface area contributed by atoms with E-state index in [4.69, 9.17) is 0 Å². The van der Waals surface area contributed by atoms with Crippen LogP contribution in [0.5, 0.6) is 0 Å². The van der Waals surface area contributed by atoms with Crippen molar-refractivity contribution in [1.29, 1.82) is 0 Å². The monoisotopic (exact) mass is 334 g/mol. The van der Waals surface area contributed by atoms with Crippen LogP contribution in [0, 0.1) is 0 Å². The van der Waals surface area contributed by atoms with Gasteiger partial charge in [-0.05, 0) is 24.1 Å². The third-order valence-electron chi connectivity index (χ3n) is 3.28. The summed E-state index contributed by atoms with van der Waals surface area (Å²) in [5, 5.41) is 6.77. The van der Waals surface area contributed by atoms with Crippen molar-refractivity contribution >= 4 is 23.7 Å². The first-order valence-electron chi connectivity index (χ1n) is 7.06. The first-order chi connectivity index (χ1) is 10.3. The number of aromatic nitrogens is 3. The minimum atomic E-state index is 0. The third kappa shape index (κ3) is 4.16. The van der Waals surface area contributed by atoms with Crippen molar-refractivity contribution in [1.82, 2.24) is 19.9 Å². The van der Waals surface area contributed by atoms with Gasteiger partial charge in [0.25, 0.3) is 0 Å². The highest BCUT2D eigenvalue weighted by atomic mass is 35.5. The minimum Gasteiger partial charge on any atom is -0.307 e. The van der Waals surface area contributed by atoms with Crippen molar-refractivity contribution in [2.75, 3.05) is 0 Å². The molecule has 0 atom stereocenters. The van der Waals surface area contributed by atoms with E-state index < -0.39 is 0 Å². The number of aryl methyl sites for hydroxylation is 1. The second-order valence-electron chi connectivity index (χ2n) is 4.83. The zero-order valence-electron chi connectivity index (χ0n) is 12.4. The van der Waals surface area contributed by atoms with Gasteiger partial charge in [0, 0.05) is 36.6 Å². The molecule has 0 saturated carbocycles. The number of nitrogens with one attached hydrogen (secondary N) is 1. The van der Waals surface area contributed by atoms with Crippen molar-refractivity contribution in [2.45, 2.75) is 26.4 Å². The van der Waals surface area contributed by atoms with Crippen molar-refractivity contribution < 1.29 is 0 Å². The molecular weight excluding hydrogens is 316 g/mol. The number of hydrogen-bond acceptors (Lipinski definition) is 4.